The number of hydrogen-bond donors (Lipinski definition) is 2. The van der Waals surface area contributed by atoms with E-state index < -0.39 is 27.7 Å². The highest BCUT2D eigenvalue weighted by Gasteiger charge is 2.33. The third-order valence-corrected chi connectivity index (χ3v) is 7.46. The summed E-state index contributed by atoms with van der Waals surface area (Å²) in [6.45, 7) is 2.33. The second-order valence-corrected chi connectivity index (χ2v) is 9.70. The van der Waals surface area contributed by atoms with Crippen LogP contribution in [0.2, 0.25) is 0 Å². The van der Waals surface area contributed by atoms with Crippen LogP contribution < -0.4 is 10.6 Å². The van der Waals surface area contributed by atoms with Gasteiger partial charge in [-0.2, -0.15) is 4.31 Å². The van der Waals surface area contributed by atoms with Gasteiger partial charge in [-0.1, -0.05) is 6.42 Å². The molecule has 2 heterocycles. The van der Waals surface area contributed by atoms with E-state index in [2.05, 4.69) is 10.6 Å². The van der Waals surface area contributed by atoms with Gasteiger partial charge in [0.15, 0.2) is 0 Å². The van der Waals surface area contributed by atoms with E-state index in [1.165, 1.54) is 29.6 Å². The quantitative estimate of drug-likeness (QED) is 0.581. The van der Waals surface area contributed by atoms with Crippen molar-refractivity contribution in [2.45, 2.75) is 50.0 Å². The van der Waals surface area contributed by atoms with Crippen LogP contribution in [-0.2, 0) is 26.0 Å². The van der Waals surface area contributed by atoms with Crippen molar-refractivity contribution < 1.29 is 26.8 Å². The normalized spacial score (nSPS) is 17.1. The molecule has 0 aliphatic carbocycles. The van der Waals surface area contributed by atoms with E-state index in [0.29, 0.717) is 31.6 Å². The molecular formula is C22H28FN3O5S. The maximum absolute atomic E-state index is 13.6. The van der Waals surface area contributed by atoms with Crippen molar-refractivity contribution in [1.82, 2.24) is 14.9 Å². The standard InChI is InChI=1S/C22H28FN3O5S/c1-16-15-19(7-8-20(16)23)32(29,30)26-13-3-2-5-17(26)9-11-24-21(27)22(28)25-12-10-18-6-4-14-31-18/h4,6-8,14-15,17H,2-3,5,9-13H2,1H3,(H,24,27)(H,25,28). The van der Waals surface area contributed by atoms with E-state index in [4.69, 9.17) is 4.42 Å². The van der Waals surface area contributed by atoms with E-state index in [9.17, 15) is 22.4 Å². The number of sulfonamides is 1. The number of nitrogens with zero attached hydrogens (tertiary/aromatic N) is 1. The topological polar surface area (TPSA) is 109 Å². The van der Waals surface area contributed by atoms with Gasteiger partial charge in [-0.3, -0.25) is 9.59 Å². The first-order valence-corrected chi connectivity index (χ1v) is 12.1. The van der Waals surface area contributed by atoms with Crippen molar-refractivity contribution >= 4 is 21.8 Å². The maximum Gasteiger partial charge on any atom is 0.309 e. The first kappa shape index (κ1) is 23.9. The summed E-state index contributed by atoms with van der Waals surface area (Å²) in [5.74, 6) is -1.25. The van der Waals surface area contributed by atoms with Gasteiger partial charge >= 0.3 is 11.8 Å². The van der Waals surface area contributed by atoms with Crippen molar-refractivity contribution in [3.05, 3.63) is 53.7 Å². The Hall–Kier alpha value is -2.72. The van der Waals surface area contributed by atoms with Crippen LogP contribution in [0.15, 0.2) is 45.9 Å². The Labute approximate surface area is 187 Å². The minimum absolute atomic E-state index is 0.0586. The molecule has 2 amide bonds. The van der Waals surface area contributed by atoms with Gasteiger partial charge in [0.2, 0.25) is 10.0 Å². The molecule has 1 aromatic carbocycles. The fraction of sp³-hybridized carbons (Fsp3) is 0.455. The van der Waals surface area contributed by atoms with Crippen molar-refractivity contribution in [2.75, 3.05) is 19.6 Å². The van der Waals surface area contributed by atoms with Crippen LogP contribution in [0.25, 0.3) is 0 Å². The Morgan fingerprint density at radius 3 is 2.59 bits per heavy atom. The fourth-order valence-electron chi connectivity index (χ4n) is 3.76. The van der Waals surface area contributed by atoms with E-state index >= 15 is 0 Å². The molecule has 1 aliphatic rings. The molecule has 2 N–H and O–H groups in total. The van der Waals surface area contributed by atoms with Crippen LogP contribution >= 0.6 is 0 Å². The fourth-order valence-corrected chi connectivity index (χ4v) is 5.57. The lowest BCUT2D eigenvalue weighted by atomic mass is 10.0. The number of rotatable bonds is 8. The molecule has 174 valence electrons. The van der Waals surface area contributed by atoms with Gasteiger partial charge in [0, 0.05) is 32.1 Å². The number of piperidine rings is 1. The van der Waals surface area contributed by atoms with Gasteiger partial charge in [0.1, 0.15) is 11.6 Å². The Balaban J connectivity index is 1.52. The summed E-state index contributed by atoms with van der Waals surface area (Å²) in [7, 11) is -3.79. The van der Waals surface area contributed by atoms with E-state index in [-0.39, 0.29) is 29.6 Å². The molecule has 10 heteroatoms. The molecule has 1 atom stereocenters. The summed E-state index contributed by atoms with van der Waals surface area (Å²) >= 11 is 0. The molecule has 8 nitrogen and oxygen atoms in total. The zero-order valence-electron chi connectivity index (χ0n) is 18.0. The van der Waals surface area contributed by atoms with E-state index in [1.807, 2.05) is 0 Å². The number of aryl methyl sites for hydroxylation is 1. The summed E-state index contributed by atoms with van der Waals surface area (Å²) in [5, 5.41) is 5.08. The van der Waals surface area contributed by atoms with Crippen molar-refractivity contribution in [2.24, 2.45) is 0 Å². The Morgan fingerprint density at radius 2 is 1.91 bits per heavy atom. The Kier molecular flexibility index (Phi) is 8.03. The van der Waals surface area contributed by atoms with E-state index in [1.54, 1.807) is 12.1 Å². The van der Waals surface area contributed by atoms with Crippen LogP contribution in [0.3, 0.4) is 0 Å². The number of carbonyl (C=O) groups excluding carboxylic acids is 2. The largest absolute Gasteiger partial charge is 0.469 e. The number of nitrogens with one attached hydrogen (secondary N) is 2. The van der Waals surface area contributed by atoms with Crippen LogP contribution in [0.1, 0.15) is 37.0 Å². The van der Waals surface area contributed by atoms with Crippen LogP contribution in [0.4, 0.5) is 4.39 Å². The molecule has 32 heavy (non-hydrogen) atoms. The molecular weight excluding hydrogens is 437 g/mol. The lowest BCUT2D eigenvalue weighted by Crippen LogP contribution is -2.46. The third-order valence-electron chi connectivity index (χ3n) is 5.52. The minimum Gasteiger partial charge on any atom is -0.469 e. The van der Waals surface area contributed by atoms with Crippen LogP contribution in [0, 0.1) is 12.7 Å². The maximum atomic E-state index is 13.6. The molecule has 0 bridgehead atoms. The third kappa shape index (κ3) is 5.95. The van der Waals surface area contributed by atoms with Gasteiger partial charge in [0.25, 0.3) is 0 Å². The molecule has 0 saturated carbocycles. The van der Waals surface area contributed by atoms with Gasteiger partial charge in [0.05, 0.1) is 11.2 Å². The zero-order chi connectivity index (χ0) is 23.1. The molecule has 1 fully saturated rings. The lowest BCUT2D eigenvalue weighted by Gasteiger charge is -2.34. The van der Waals surface area contributed by atoms with E-state index in [0.717, 1.165) is 18.9 Å². The summed E-state index contributed by atoms with van der Waals surface area (Å²) in [4.78, 5) is 24.0. The minimum atomic E-state index is -3.79. The SMILES string of the molecule is Cc1cc(S(=O)(=O)N2CCCCC2CCNC(=O)C(=O)NCCc2ccco2)ccc1F. The van der Waals surface area contributed by atoms with Crippen molar-refractivity contribution in [3.8, 4) is 0 Å². The monoisotopic (exact) mass is 465 g/mol. The van der Waals surface area contributed by atoms with Crippen LogP contribution in [-0.4, -0.2) is 50.2 Å². The highest BCUT2D eigenvalue weighted by atomic mass is 32.2. The summed E-state index contributed by atoms with van der Waals surface area (Å²) < 4.78 is 46.4. The van der Waals surface area contributed by atoms with Gasteiger partial charge in [-0.25, -0.2) is 12.8 Å². The number of halogens is 1. The summed E-state index contributed by atoms with van der Waals surface area (Å²) in [6.07, 6.45) is 4.66. The first-order valence-electron chi connectivity index (χ1n) is 10.7. The lowest BCUT2D eigenvalue weighted by molar-refractivity contribution is -0.139. The molecule has 1 unspecified atom stereocenters. The van der Waals surface area contributed by atoms with Gasteiger partial charge < -0.3 is 15.1 Å². The predicted octanol–water partition coefficient (Wildman–Crippen LogP) is 2.14. The molecule has 1 aliphatic heterocycles. The number of carbonyl (C=O) groups is 2. The second-order valence-electron chi connectivity index (χ2n) is 7.81. The average Bonchev–Trinajstić information content (AvgIpc) is 3.29. The molecule has 2 aromatic rings. The first-order chi connectivity index (χ1) is 15.3. The number of benzene rings is 1. The van der Waals surface area contributed by atoms with Crippen LogP contribution in [0.5, 0.6) is 0 Å². The summed E-state index contributed by atoms with van der Waals surface area (Å²) in [6, 6.07) is 7.00. The highest BCUT2D eigenvalue weighted by Crippen LogP contribution is 2.27. The predicted molar refractivity (Wildman–Crippen MR) is 116 cm³/mol. The number of furan rings is 1. The Bertz CT molecular complexity index is 1040. The molecule has 0 spiro atoms. The zero-order valence-corrected chi connectivity index (χ0v) is 18.8. The number of hydrogen-bond acceptors (Lipinski definition) is 5. The molecule has 1 aromatic heterocycles. The second kappa shape index (κ2) is 10.7. The average molecular weight is 466 g/mol. The summed E-state index contributed by atoms with van der Waals surface area (Å²) in [5.41, 5.74) is 0.268. The Morgan fingerprint density at radius 1 is 1.16 bits per heavy atom. The van der Waals surface area contributed by atoms with Crippen molar-refractivity contribution in [3.63, 3.8) is 0 Å². The smallest absolute Gasteiger partial charge is 0.309 e. The van der Waals surface area contributed by atoms with Crippen molar-refractivity contribution in [1.29, 1.82) is 0 Å². The molecule has 1 saturated heterocycles. The van der Waals surface area contributed by atoms with Gasteiger partial charge in [-0.15, -0.1) is 0 Å². The highest BCUT2D eigenvalue weighted by molar-refractivity contribution is 7.89. The molecule has 3 rings (SSSR count). The molecule has 0 radical (unpaired) electrons. The number of amides is 2. The van der Waals surface area contributed by atoms with Gasteiger partial charge in [-0.05, 0) is 62.1 Å².